The van der Waals surface area contributed by atoms with Gasteiger partial charge in [0.05, 0.1) is 25.8 Å². The van der Waals surface area contributed by atoms with Crippen LogP contribution in [-0.4, -0.2) is 31.6 Å². The van der Waals surface area contributed by atoms with Crippen LogP contribution in [0.5, 0.6) is 11.5 Å². The van der Waals surface area contributed by atoms with E-state index in [-0.39, 0.29) is 11.9 Å². The molecule has 0 aromatic heterocycles. The summed E-state index contributed by atoms with van der Waals surface area (Å²) in [5.41, 5.74) is 2.91. The highest BCUT2D eigenvalue weighted by Crippen LogP contribution is 2.40. The van der Waals surface area contributed by atoms with Crippen LogP contribution < -0.4 is 9.47 Å². The minimum Gasteiger partial charge on any atom is -0.497 e. The van der Waals surface area contributed by atoms with Crippen LogP contribution in [0.15, 0.2) is 36.4 Å². The third-order valence-electron chi connectivity index (χ3n) is 4.73. The summed E-state index contributed by atoms with van der Waals surface area (Å²) in [4.78, 5) is 15.2. The van der Waals surface area contributed by atoms with Crippen molar-refractivity contribution in [2.45, 2.75) is 25.8 Å². The molecule has 5 heteroatoms. The largest absolute Gasteiger partial charge is 0.497 e. The lowest BCUT2D eigenvalue weighted by molar-refractivity contribution is 0.0733. The van der Waals surface area contributed by atoms with Gasteiger partial charge in [-0.15, -0.1) is 0 Å². The molecule has 132 valence electrons. The molecule has 4 nitrogen and oxygen atoms in total. The highest BCUT2D eigenvalue weighted by atomic mass is 127. The Hall–Kier alpha value is -1.76. The standard InChI is InChI=1S/C20H22INO3/c1-13-6-4-7-15(19(13)21)20(23)22-11-5-8-17(22)16-12-14(24-2)9-10-18(16)25-3/h4,6-7,9-10,12,17H,5,8,11H2,1-3H3. The molecule has 1 fully saturated rings. The molecule has 0 saturated carbocycles. The first-order chi connectivity index (χ1) is 12.1. The van der Waals surface area contributed by atoms with E-state index in [0.717, 1.165) is 51.1 Å². The Morgan fingerprint density at radius 2 is 2.00 bits per heavy atom. The van der Waals surface area contributed by atoms with E-state index in [1.165, 1.54) is 0 Å². The van der Waals surface area contributed by atoms with Crippen LogP contribution in [0.1, 0.15) is 40.4 Å². The molecule has 1 unspecified atom stereocenters. The molecule has 3 rings (SSSR count). The average Bonchev–Trinajstić information content (AvgIpc) is 3.12. The summed E-state index contributed by atoms with van der Waals surface area (Å²) in [7, 11) is 3.31. The van der Waals surface area contributed by atoms with Gasteiger partial charge in [0.15, 0.2) is 0 Å². The maximum atomic E-state index is 13.2. The van der Waals surface area contributed by atoms with Crippen molar-refractivity contribution >= 4 is 28.5 Å². The van der Waals surface area contributed by atoms with Crippen LogP contribution in [0, 0.1) is 10.5 Å². The second-order valence-electron chi connectivity index (χ2n) is 6.20. The Morgan fingerprint density at radius 3 is 2.72 bits per heavy atom. The first-order valence-electron chi connectivity index (χ1n) is 8.34. The lowest BCUT2D eigenvalue weighted by Crippen LogP contribution is -2.31. The first-order valence-corrected chi connectivity index (χ1v) is 9.42. The third kappa shape index (κ3) is 3.47. The summed E-state index contributed by atoms with van der Waals surface area (Å²) in [5, 5.41) is 0. The molecular weight excluding hydrogens is 429 g/mol. The van der Waals surface area contributed by atoms with Crippen LogP contribution in [0.25, 0.3) is 0 Å². The number of ether oxygens (including phenoxy) is 2. The molecule has 1 heterocycles. The molecule has 1 amide bonds. The Balaban J connectivity index is 1.98. The minimum absolute atomic E-state index is 0.00821. The molecular formula is C20H22INO3. The van der Waals surface area contributed by atoms with Crippen molar-refractivity contribution in [1.82, 2.24) is 4.90 Å². The van der Waals surface area contributed by atoms with Gasteiger partial charge in [-0.25, -0.2) is 0 Å². The fraction of sp³-hybridized carbons (Fsp3) is 0.350. The van der Waals surface area contributed by atoms with Crippen molar-refractivity contribution in [3.8, 4) is 11.5 Å². The monoisotopic (exact) mass is 451 g/mol. The van der Waals surface area contributed by atoms with E-state index >= 15 is 0 Å². The van der Waals surface area contributed by atoms with E-state index in [1.807, 2.05) is 48.2 Å². The summed E-state index contributed by atoms with van der Waals surface area (Å²) < 4.78 is 11.9. The first kappa shape index (κ1) is 18.0. The van der Waals surface area contributed by atoms with Crippen molar-refractivity contribution in [2.75, 3.05) is 20.8 Å². The van der Waals surface area contributed by atoms with Gasteiger partial charge in [0.2, 0.25) is 0 Å². The predicted octanol–water partition coefficient (Wildman–Crippen LogP) is 4.59. The van der Waals surface area contributed by atoms with Crippen LogP contribution in [0.3, 0.4) is 0 Å². The number of hydrogen-bond acceptors (Lipinski definition) is 3. The molecule has 0 aliphatic carbocycles. The van der Waals surface area contributed by atoms with Crippen molar-refractivity contribution in [3.63, 3.8) is 0 Å². The van der Waals surface area contributed by atoms with Crippen LogP contribution in [0.2, 0.25) is 0 Å². The molecule has 0 radical (unpaired) electrons. The van der Waals surface area contributed by atoms with Gasteiger partial charge in [0.25, 0.3) is 5.91 Å². The summed E-state index contributed by atoms with van der Waals surface area (Å²) in [6.07, 6.45) is 1.91. The highest BCUT2D eigenvalue weighted by molar-refractivity contribution is 14.1. The van der Waals surface area contributed by atoms with Gasteiger partial charge in [-0.1, -0.05) is 12.1 Å². The predicted molar refractivity (Wildman–Crippen MR) is 106 cm³/mol. The van der Waals surface area contributed by atoms with Crippen molar-refractivity contribution in [3.05, 3.63) is 56.7 Å². The smallest absolute Gasteiger partial charge is 0.255 e. The molecule has 2 aromatic rings. The van der Waals surface area contributed by atoms with Gasteiger partial charge >= 0.3 is 0 Å². The number of hydrogen-bond donors (Lipinski definition) is 0. The number of amides is 1. The van der Waals surface area contributed by atoms with Crippen molar-refractivity contribution < 1.29 is 14.3 Å². The number of carbonyl (C=O) groups is 1. The summed E-state index contributed by atoms with van der Waals surface area (Å²) in [5.74, 6) is 1.66. The van der Waals surface area contributed by atoms with E-state index in [9.17, 15) is 4.79 Å². The average molecular weight is 451 g/mol. The normalized spacial score (nSPS) is 16.8. The SMILES string of the molecule is COc1ccc(OC)c(C2CCCN2C(=O)c2cccc(C)c2I)c1. The number of rotatable bonds is 4. The third-order valence-corrected chi connectivity index (χ3v) is 6.16. The Kier molecular flexibility index (Phi) is 5.51. The fourth-order valence-electron chi connectivity index (χ4n) is 3.40. The van der Waals surface area contributed by atoms with Crippen molar-refractivity contribution in [2.24, 2.45) is 0 Å². The van der Waals surface area contributed by atoms with Gasteiger partial charge in [-0.05, 0) is 72.2 Å². The van der Waals surface area contributed by atoms with E-state index in [4.69, 9.17) is 9.47 Å². The zero-order valence-corrected chi connectivity index (χ0v) is 16.9. The molecule has 0 spiro atoms. The van der Waals surface area contributed by atoms with Gasteiger partial charge in [0, 0.05) is 15.7 Å². The Labute approximate surface area is 162 Å². The van der Waals surface area contributed by atoms with E-state index < -0.39 is 0 Å². The molecule has 1 aliphatic rings. The number of nitrogens with zero attached hydrogens (tertiary/aromatic N) is 1. The van der Waals surface area contributed by atoms with E-state index in [2.05, 4.69) is 22.6 Å². The quantitative estimate of drug-likeness (QED) is 0.639. The zero-order chi connectivity index (χ0) is 18.0. The molecule has 25 heavy (non-hydrogen) atoms. The lowest BCUT2D eigenvalue weighted by Gasteiger charge is -2.27. The Morgan fingerprint density at radius 1 is 1.20 bits per heavy atom. The van der Waals surface area contributed by atoms with E-state index in [1.54, 1.807) is 14.2 Å². The summed E-state index contributed by atoms with van der Waals surface area (Å²) in [6, 6.07) is 11.7. The maximum Gasteiger partial charge on any atom is 0.255 e. The van der Waals surface area contributed by atoms with Crippen molar-refractivity contribution in [1.29, 1.82) is 0 Å². The van der Waals surface area contributed by atoms with Crippen LogP contribution in [-0.2, 0) is 0 Å². The number of benzene rings is 2. The Bertz CT molecular complexity index is 791. The lowest BCUT2D eigenvalue weighted by atomic mass is 10.0. The molecule has 0 bridgehead atoms. The van der Waals surface area contributed by atoms with Gasteiger partial charge in [0.1, 0.15) is 11.5 Å². The number of halogens is 1. The van der Waals surface area contributed by atoms with Gasteiger partial charge in [-0.3, -0.25) is 4.79 Å². The van der Waals surface area contributed by atoms with Gasteiger partial charge in [-0.2, -0.15) is 0 Å². The number of likely N-dealkylation sites (tertiary alicyclic amines) is 1. The van der Waals surface area contributed by atoms with Gasteiger partial charge < -0.3 is 14.4 Å². The minimum atomic E-state index is 0.00821. The van der Waals surface area contributed by atoms with Crippen LogP contribution in [0.4, 0.5) is 0 Å². The number of aryl methyl sites for hydroxylation is 1. The zero-order valence-electron chi connectivity index (χ0n) is 14.7. The molecule has 1 aliphatic heterocycles. The van der Waals surface area contributed by atoms with E-state index in [0.29, 0.717) is 0 Å². The topological polar surface area (TPSA) is 38.8 Å². The molecule has 2 aromatic carbocycles. The maximum absolute atomic E-state index is 13.2. The highest BCUT2D eigenvalue weighted by Gasteiger charge is 2.33. The van der Waals surface area contributed by atoms with Crippen LogP contribution >= 0.6 is 22.6 Å². The summed E-state index contributed by atoms with van der Waals surface area (Å²) >= 11 is 2.26. The number of carbonyl (C=O) groups excluding carboxylic acids is 1. The number of methoxy groups -OCH3 is 2. The molecule has 1 saturated heterocycles. The fourth-order valence-corrected chi connectivity index (χ4v) is 3.99. The summed E-state index contributed by atoms with van der Waals surface area (Å²) in [6.45, 7) is 2.79. The second kappa shape index (κ2) is 7.64. The molecule has 1 atom stereocenters. The molecule has 0 N–H and O–H groups in total. The second-order valence-corrected chi connectivity index (χ2v) is 7.28.